The minimum Gasteiger partial charge on any atom is -0.756 e. The van der Waals surface area contributed by atoms with E-state index < -0.39 is 32.5 Å². The number of quaternary nitrogens is 1. The van der Waals surface area contributed by atoms with Gasteiger partial charge < -0.3 is 27.9 Å². The fourth-order valence-corrected chi connectivity index (χ4v) is 8.90. The highest BCUT2D eigenvalue weighted by atomic mass is 31.2. The van der Waals surface area contributed by atoms with Gasteiger partial charge in [-0.15, -0.1) is 0 Å². The molecule has 2 unspecified atom stereocenters. The Morgan fingerprint density at radius 1 is 0.378 bits per heavy atom. The zero-order chi connectivity index (χ0) is 59.8. The van der Waals surface area contributed by atoms with E-state index in [1.807, 2.05) is 21.1 Å². The number of nitrogens with zero attached hydrogens (tertiary/aromatic N) is 1. The molecule has 0 radical (unpaired) electrons. The molecule has 0 fully saturated rings. The minimum absolute atomic E-state index is 0.0419. The van der Waals surface area contributed by atoms with Gasteiger partial charge in [-0.2, -0.15) is 0 Å². The first kappa shape index (κ1) is 77.6. The Morgan fingerprint density at radius 2 is 0.659 bits per heavy atom. The Kier molecular flexibility index (Phi) is 57.9. The second-order valence-corrected chi connectivity index (χ2v) is 23.4. The van der Waals surface area contributed by atoms with Crippen LogP contribution >= 0.6 is 7.82 Å². The van der Waals surface area contributed by atoms with E-state index in [4.69, 9.17) is 18.5 Å². The lowest BCUT2D eigenvalue weighted by atomic mass is 10.1. The van der Waals surface area contributed by atoms with E-state index in [1.54, 1.807) is 0 Å². The van der Waals surface area contributed by atoms with Crippen LogP contribution in [0.15, 0.2) is 158 Å². The summed E-state index contributed by atoms with van der Waals surface area (Å²) in [6.45, 7) is 3.98. The highest BCUT2D eigenvalue weighted by Gasteiger charge is 2.22. The Bertz CT molecular complexity index is 1940. The normalized spacial score (nSPS) is 14.3. The molecule has 0 N–H and O–H groups in total. The van der Waals surface area contributed by atoms with Crippen molar-refractivity contribution >= 4 is 19.8 Å². The average molecular weight is 1160 g/mol. The second kappa shape index (κ2) is 61.2. The third-order valence-corrected chi connectivity index (χ3v) is 14.0. The summed E-state index contributed by atoms with van der Waals surface area (Å²) in [7, 11) is 1.14. The number of likely N-dealkylation sites (N-methyl/N-ethyl adjacent to an activating group) is 1. The molecule has 82 heavy (non-hydrogen) atoms. The molecule has 0 bridgehead atoms. The van der Waals surface area contributed by atoms with Crippen molar-refractivity contribution < 1.29 is 42.1 Å². The van der Waals surface area contributed by atoms with Gasteiger partial charge in [0, 0.05) is 12.8 Å². The van der Waals surface area contributed by atoms with Gasteiger partial charge in [-0.05, 0) is 122 Å². The van der Waals surface area contributed by atoms with Gasteiger partial charge in [0.15, 0.2) is 6.10 Å². The van der Waals surface area contributed by atoms with Crippen LogP contribution in [0.3, 0.4) is 0 Å². The second-order valence-electron chi connectivity index (χ2n) is 22.0. The van der Waals surface area contributed by atoms with Crippen LogP contribution in [0.5, 0.6) is 0 Å². The minimum atomic E-state index is -4.65. The predicted molar refractivity (Wildman–Crippen MR) is 350 cm³/mol. The predicted octanol–water partition coefficient (Wildman–Crippen LogP) is 20.2. The van der Waals surface area contributed by atoms with E-state index in [-0.39, 0.29) is 26.1 Å². The number of phosphoric ester groups is 1. The van der Waals surface area contributed by atoms with Crippen molar-refractivity contribution in [3.63, 3.8) is 0 Å². The zero-order valence-corrected chi connectivity index (χ0v) is 53.5. The molecule has 0 aromatic carbocycles. The van der Waals surface area contributed by atoms with E-state index in [2.05, 4.69) is 172 Å². The van der Waals surface area contributed by atoms with Crippen LogP contribution < -0.4 is 4.89 Å². The number of carbonyl (C=O) groups is 2. The number of unbranched alkanes of at least 4 members (excludes halogenated alkanes) is 17. The highest BCUT2D eigenvalue weighted by molar-refractivity contribution is 7.45. The first-order chi connectivity index (χ1) is 40.0. The first-order valence-electron chi connectivity index (χ1n) is 32.2. The lowest BCUT2D eigenvalue weighted by molar-refractivity contribution is -0.870. The maximum Gasteiger partial charge on any atom is 0.306 e. The van der Waals surface area contributed by atoms with Gasteiger partial charge in [-0.25, -0.2) is 0 Å². The molecule has 0 amide bonds. The molecule has 0 aromatic heterocycles. The van der Waals surface area contributed by atoms with Crippen molar-refractivity contribution in [1.82, 2.24) is 0 Å². The number of esters is 2. The Hall–Kier alpha value is -4.37. The molecule has 0 spiro atoms. The number of hydrogen-bond acceptors (Lipinski definition) is 8. The summed E-state index contributed by atoms with van der Waals surface area (Å²) in [5, 5.41) is 0. The van der Waals surface area contributed by atoms with Gasteiger partial charge in [0.1, 0.15) is 19.8 Å². The molecule has 0 aliphatic carbocycles. The quantitative estimate of drug-likeness (QED) is 0.0195. The van der Waals surface area contributed by atoms with E-state index >= 15 is 0 Å². The molecule has 0 rings (SSSR count). The molecule has 0 aliphatic rings. The first-order valence-corrected chi connectivity index (χ1v) is 33.7. The number of hydrogen-bond donors (Lipinski definition) is 0. The lowest BCUT2D eigenvalue weighted by Crippen LogP contribution is -2.37. The Balaban J connectivity index is 4.16. The van der Waals surface area contributed by atoms with Crippen LogP contribution in [-0.4, -0.2) is 70.0 Å². The molecule has 0 aliphatic heterocycles. The number of carbonyl (C=O) groups excluding carboxylic acids is 2. The van der Waals surface area contributed by atoms with Crippen LogP contribution in [0.1, 0.15) is 232 Å². The summed E-state index contributed by atoms with van der Waals surface area (Å²) < 4.78 is 34.2. The smallest absolute Gasteiger partial charge is 0.306 e. The number of rotatable bonds is 57. The van der Waals surface area contributed by atoms with Gasteiger partial charge in [0.2, 0.25) is 0 Å². The largest absolute Gasteiger partial charge is 0.756 e. The summed E-state index contributed by atoms with van der Waals surface area (Å²) in [5.74, 6) is -0.859. The molecule has 9 nitrogen and oxygen atoms in total. The van der Waals surface area contributed by atoms with Gasteiger partial charge in [-0.3, -0.25) is 14.2 Å². The monoisotopic (exact) mass is 1160 g/mol. The number of allylic oxidation sites excluding steroid dienone is 26. The van der Waals surface area contributed by atoms with Crippen LogP contribution in [0.25, 0.3) is 0 Å². The molecular formula is C72H118NO8P. The lowest BCUT2D eigenvalue weighted by Gasteiger charge is -2.28. The number of phosphoric acid groups is 1. The van der Waals surface area contributed by atoms with Crippen molar-refractivity contribution in [1.29, 1.82) is 0 Å². The van der Waals surface area contributed by atoms with Gasteiger partial charge in [0.25, 0.3) is 7.82 Å². The van der Waals surface area contributed by atoms with E-state index in [0.29, 0.717) is 23.9 Å². The highest BCUT2D eigenvalue weighted by Crippen LogP contribution is 2.38. The Labute approximate surface area is 503 Å². The summed E-state index contributed by atoms with van der Waals surface area (Å²) in [6, 6.07) is 0. The SMILES string of the molecule is CC/C=C\C/C=C\C/C=C\C/C=C\C/C=C\C/C=C\C/C=C\C/C=C\C/C=C\CCCCCCCCCCCC(=O)OC(COC(=O)CCCCCCCCCC/C=C\C/C=C\C/C=C\C/C=C\CC)COP(=O)([O-])OCC[N+](C)(C)C. The van der Waals surface area contributed by atoms with Crippen LogP contribution in [0, 0.1) is 0 Å². The van der Waals surface area contributed by atoms with Crippen molar-refractivity contribution in [2.45, 2.75) is 238 Å². The molecule has 0 aromatic rings. The molecule has 464 valence electrons. The third-order valence-electron chi connectivity index (χ3n) is 13.0. The average Bonchev–Trinajstić information content (AvgIpc) is 3.46. The fraction of sp³-hybridized carbons (Fsp3) is 0.611. The summed E-state index contributed by atoms with van der Waals surface area (Å²) >= 11 is 0. The fourth-order valence-electron chi connectivity index (χ4n) is 8.17. The van der Waals surface area contributed by atoms with Gasteiger partial charge >= 0.3 is 11.9 Å². The summed E-state index contributed by atoms with van der Waals surface area (Å²) in [5.41, 5.74) is 0. The van der Waals surface area contributed by atoms with Crippen molar-refractivity contribution in [2.75, 3.05) is 47.5 Å². The van der Waals surface area contributed by atoms with Crippen molar-refractivity contribution in [3.8, 4) is 0 Å². The van der Waals surface area contributed by atoms with Crippen LogP contribution in [0.2, 0.25) is 0 Å². The van der Waals surface area contributed by atoms with Gasteiger partial charge in [-0.1, -0.05) is 255 Å². The van der Waals surface area contributed by atoms with Crippen LogP contribution in [-0.2, 0) is 32.7 Å². The molecule has 0 heterocycles. The molecule has 2 atom stereocenters. The Morgan fingerprint density at radius 3 is 0.976 bits per heavy atom. The van der Waals surface area contributed by atoms with Crippen molar-refractivity contribution in [2.24, 2.45) is 0 Å². The zero-order valence-electron chi connectivity index (χ0n) is 52.6. The molecule has 10 heteroatoms. The van der Waals surface area contributed by atoms with Crippen molar-refractivity contribution in [3.05, 3.63) is 158 Å². The molecule has 0 saturated heterocycles. The number of ether oxygens (including phenoxy) is 2. The summed E-state index contributed by atoms with van der Waals surface area (Å²) in [4.78, 5) is 38.0. The van der Waals surface area contributed by atoms with E-state index in [1.165, 1.54) is 57.8 Å². The van der Waals surface area contributed by atoms with E-state index in [9.17, 15) is 19.0 Å². The van der Waals surface area contributed by atoms with Gasteiger partial charge in [0.05, 0.1) is 27.7 Å². The standard InChI is InChI=1S/C72H118NO8P/c1-6-8-10-12-14-16-18-20-22-24-26-28-29-30-31-32-33-34-35-36-37-38-39-40-41-42-43-45-47-49-51-53-55-57-59-61-63-65-72(75)81-70(69-80-82(76,77)79-67-66-73(3,4)5)68-78-71(74)64-62-60-58-56-54-52-50-48-46-44-27-25-23-21-19-17-15-13-11-9-7-2/h8-11,14-17,20-23,26-28,30-31,33-34,36-37,39-40,42-44,70H,6-7,12-13,18-19,24-25,29,32,35,38,41,45-69H2,1-5H3/b10-8-,11-9-,16-14-,17-15-,22-20-,23-21-,28-26-,31-30-,34-33-,37-36-,40-39-,43-42-,44-27-. The maximum atomic E-state index is 12.8. The third kappa shape index (κ3) is 64.8. The van der Waals surface area contributed by atoms with Crippen LogP contribution in [0.4, 0.5) is 0 Å². The maximum absolute atomic E-state index is 12.8. The summed E-state index contributed by atoms with van der Waals surface area (Å²) in [6.07, 6.45) is 91.5. The van der Waals surface area contributed by atoms with E-state index in [0.717, 1.165) is 135 Å². The molecular weight excluding hydrogens is 1040 g/mol. The topological polar surface area (TPSA) is 111 Å². The molecule has 0 saturated carbocycles.